The van der Waals surface area contributed by atoms with Crippen molar-refractivity contribution in [3.05, 3.63) is 199 Å². The molecule has 0 saturated heterocycles. The van der Waals surface area contributed by atoms with E-state index in [1.54, 1.807) is 0 Å². The lowest BCUT2D eigenvalue weighted by atomic mass is 9.82. The Morgan fingerprint density at radius 3 is 1.93 bits per heavy atom. The summed E-state index contributed by atoms with van der Waals surface area (Å²) in [4.78, 5) is 2.45. The van der Waals surface area contributed by atoms with Gasteiger partial charge in [-0.15, -0.1) is 0 Å². The molecule has 10 aromatic rings. The minimum atomic E-state index is -0.117. The average Bonchev–Trinajstić information content (AvgIpc) is 3.73. The molecule has 0 radical (unpaired) electrons. The molecule has 9 aromatic carbocycles. The van der Waals surface area contributed by atoms with Crippen molar-refractivity contribution in [1.82, 2.24) is 0 Å². The number of fused-ring (bicyclic) bond motifs is 9. The highest BCUT2D eigenvalue weighted by Crippen LogP contribution is 2.51. The van der Waals surface area contributed by atoms with Gasteiger partial charge in [-0.1, -0.05) is 153 Å². The second kappa shape index (κ2) is 12.1. The summed E-state index contributed by atoms with van der Waals surface area (Å²) in [5.41, 5.74) is 15.2. The predicted molar refractivity (Wildman–Crippen MR) is 232 cm³/mol. The third kappa shape index (κ3) is 4.88. The molecule has 55 heavy (non-hydrogen) atoms. The van der Waals surface area contributed by atoms with E-state index in [1.165, 1.54) is 71.4 Å². The molecule has 1 heterocycles. The number of rotatable bonds is 5. The molecule has 0 N–H and O–H groups in total. The highest BCUT2D eigenvalue weighted by Gasteiger charge is 2.36. The van der Waals surface area contributed by atoms with Crippen LogP contribution in [-0.4, -0.2) is 0 Å². The van der Waals surface area contributed by atoms with Gasteiger partial charge in [0, 0.05) is 33.1 Å². The summed E-state index contributed by atoms with van der Waals surface area (Å²) in [6.45, 7) is 4.71. The quantitative estimate of drug-likeness (QED) is 0.177. The first-order valence-corrected chi connectivity index (χ1v) is 19.1. The molecular formula is C53H37NO. The Bertz CT molecular complexity index is 3120. The van der Waals surface area contributed by atoms with E-state index in [0.717, 1.165) is 33.6 Å². The van der Waals surface area contributed by atoms with Crippen LogP contribution in [0.25, 0.3) is 76.9 Å². The summed E-state index contributed by atoms with van der Waals surface area (Å²) >= 11 is 0. The summed E-state index contributed by atoms with van der Waals surface area (Å²) in [7, 11) is 0. The number of hydrogen-bond acceptors (Lipinski definition) is 2. The van der Waals surface area contributed by atoms with E-state index in [4.69, 9.17) is 4.42 Å². The van der Waals surface area contributed by atoms with Gasteiger partial charge >= 0.3 is 0 Å². The van der Waals surface area contributed by atoms with Gasteiger partial charge in [-0.2, -0.15) is 0 Å². The van der Waals surface area contributed by atoms with Crippen LogP contribution in [0.5, 0.6) is 0 Å². The lowest BCUT2D eigenvalue weighted by Gasteiger charge is -2.30. The van der Waals surface area contributed by atoms with Crippen molar-refractivity contribution < 1.29 is 4.42 Å². The van der Waals surface area contributed by atoms with E-state index >= 15 is 0 Å². The van der Waals surface area contributed by atoms with Gasteiger partial charge < -0.3 is 9.32 Å². The van der Waals surface area contributed by atoms with Crippen molar-refractivity contribution in [2.75, 3.05) is 4.90 Å². The second-order valence-corrected chi connectivity index (χ2v) is 15.3. The normalized spacial score (nSPS) is 13.1. The highest BCUT2D eigenvalue weighted by atomic mass is 16.3. The van der Waals surface area contributed by atoms with Crippen LogP contribution in [0.4, 0.5) is 17.1 Å². The molecule has 0 spiro atoms. The molecule has 11 rings (SSSR count). The van der Waals surface area contributed by atoms with Crippen LogP contribution < -0.4 is 4.90 Å². The third-order valence-electron chi connectivity index (χ3n) is 11.9. The summed E-state index contributed by atoms with van der Waals surface area (Å²) in [5, 5.41) is 7.21. The number of furan rings is 1. The Kier molecular flexibility index (Phi) is 6.93. The smallest absolute Gasteiger partial charge is 0.136 e. The number of para-hydroxylation sites is 2. The molecule has 260 valence electrons. The molecule has 2 nitrogen and oxygen atoms in total. The monoisotopic (exact) mass is 703 g/mol. The van der Waals surface area contributed by atoms with E-state index in [-0.39, 0.29) is 5.41 Å². The number of benzene rings is 9. The number of hydrogen-bond donors (Lipinski definition) is 0. The Morgan fingerprint density at radius 2 is 1.04 bits per heavy atom. The van der Waals surface area contributed by atoms with Gasteiger partial charge in [-0.05, 0) is 109 Å². The van der Waals surface area contributed by atoms with Crippen LogP contribution in [0.3, 0.4) is 0 Å². The van der Waals surface area contributed by atoms with Gasteiger partial charge in [-0.3, -0.25) is 0 Å². The topological polar surface area (TPSA) is 16.4 Å². The first-order valence-electron chi connectivity index (χ1n) is 19.1. The first kappa shape index (κ1) is 31.6. The van der Waals surface area contributed by atoms with Gasteiger partial charge in [0.15, 0.2) is 0 Å². The van der Waals surface area contributed by atoms with Gasteiger partial charge in [0.1, 0.15) is 11.2 Å². The lowest BCUT2D eigenvalue weighted by Crippen LogP contribution is -2.16. The fourth-order valence-corrected chi connectivity index (χ4v) is 9.14. The molecule has 0 fully saturated rings. The van der Waals surface area contributed by atoms with E-state index in [0.29, 0.717) is 0 Å². The number of anilines is 3. The van der Waals surface area contributed by atoms with Gasteiger partial charge in [-0.25, -0.2) is 0 Å². The third-order valence-corrected chi connectivity index (χ3v) is 11.9. The van der Waals surface area contributed by atoms with Crippen LogP contribution in [0.2, 0.25) is 0 Å². The molecule has 1 aliphatic rings. The SMILES string of the molecule is CC1(C)c2ccccc2-c2ccc(N(c3ccc(-c4ccc5ccc6oc7ccccc7c6c5c4)cc3)c3ccccc3-c3cccc4ccccc34)cc21. The molecule has 0 atom stereocenters. The van der Waals surface area contributed by atoms with E-state index in [2.05, 4.69) is 201 Å². The standard InChI is InChI=1S/C53H37NO/c1-53(2)47-19-8-5-15-42(47)43-30-29-39(33-48(43)53)54(49-20-9-6-16-44(49)41-18-11-13-35-12-3-4-14-40(35)41)38-27-24-34(25-28-38)37-23-22-36-26-31-51-52(46(36)32-37)45-17-7-10-21-50(45)55-51/h3-33H,1-2H3. The zero-order chi connectivity index (χ0) is 36.7. The zero-order valence-electron chi connectivity index (χ0n) is 30.8. The minimum Gasteiger partial charge on any atom is -0.456 e. The summed E-state index contributed by atoms with van der Waals surface area (Å²) in [5.74, 6) is 0. The van der Waals surface area contributed by atoms with Crippen molar-refractivity contribution in [1.29, 1.82) is 0 Å². The second-order valence-electron chi connectivity index (χ2n) is 15.3. The minimum absolute atomic E-state index is 0.117. The maximum absolute atomic E-state index is 6.25. The largest absolute Gasteiger partial charge is 0.456 e. The molecule has 0 aliphatic heterocycles. The maximum Gasteiger partial charge on any atom is 0.136 e. The molecular weight excluding hydrogens is 667 g/mol. The Labute approximate surface area is 320 Å². The Hall–Kier alpha value is -6.90. The van der Waals surface area contributed by atoms with Crippen LogP contribution in [0.15, 0.2) is 192 Å². The van der Waals surface area contributed by atoms with Crippen molar-refractivity contribution in [3.8, 4) is 33.4 Å². The van der Waals surface area contributed by atoms with Crippen molar-refractivity contribution >= 4 is 60.5 Å². The lowest BCUT2D eigenvalue weighted by molar-refractivity contribution is 0.660. The molecule has 2 heteroatoms. The average molecular weight is 704 g/mol. The first-order chi connectivity index (χ1) is 27.0. The predicted octanol–water partition coefficient (Wildman–Crippen LogP) is 15.0. The van der Waals surface area contributed by atoms with Gasteiger partial charge in [0.25, 0.3) is 0 Å². The molecule has 1 aliphatic carbocycles. The summed E-state index contributed by atoms with van der Waals surface area (Å²) < 4.78 is 6.25. The summed E-state index contributed by atoms with van der Waals surface area (Å²) in [6.07, 6.45) is 0. The van der Waals surface area contributed by atoms with Crippen molar-refractivity contribution in [2.45, 2.75) is 19.3 Å². The van der Waals surface area contributed by atoms with E-state index in [9.17, 15) is 0 Å². The van der Waals surface area contributed by atoms with E-state index in [1.807, 2.05) is 6.07 Å². The Morgan fingerprint density at radius 1 is 0.400 bits per heavy atom. The highest BCUT2D eigenvalue weighted by molar-refractivity contribution is 6.19. The molecule has 0 amide bonds. The van der Waals surface area contributed by atoms with Gasteiger partial charge in [0.05, 0.1) is 5.69 Å². The van der Waals surface area contributed by atoms with Crippen LogP contribution in [0.1, 0.15) is 25.0 Å². The summed E-state index contributed by atoms with van der Waals surface area (Å²) in [6, 6.07) is 68.6. The molecule has 1 aromatic heterocycles. The number of nitrogens with zero attached hydrogens (tertiary/aromatic N) is 1. The van der Waals surface area contributed by atoms with Gasteiger partial charge in [0.2, 0.25) is 0 Å². The zero-order valence-corrected chi connectivity index (χ0v) is 30.8. The molecule has 0 saturated carbocycles. The van der Waals surface area contributed by atoms with Crippen LogP contribution >= 0.6 is 0 Å². The van der Waals surface area contributed by atoms with Crippen molar-refractivity contribution in [3.63, 3.8) is 0 Å². The molecule has 0 bridgehead atoms. The van der Waals surface area contributed by atoms with E-state index < -0.39 is 0 Å². The Balaban J connectivity index is 1.08. The fraction of sp³-hybridized carbons (Fsp3) is 0.0566. The maximum atomic E-state index is 6.25. The fourth-order valence-electron chi connectivity index (χ4n) is 9.14. The van der Waals surface area contributed by atoms with Crippen LogP contribution in [0, 0.1) is 0 Å². The van der Waals surface area contributed by atoms with Crippen molar-refractivity contribution in [2.24, 2.45) is 0 Å². The molecule has 0 unspecified atom stereocenters. The van der Waals surface area contributed by atoms with Crippen LogP contribution in [-0.2, 0) is 5.41 Å².